The number of thiophene rings is 1. The van der Waals surface area contributed by atoms with E-state index >= 15 is 0 Å². The first kappa shape index (κ1) is 11.5. The predicted molar refractivity (Wildman–Crippen MR) is 70.4 cm³/mol. The van der Waals surface area contributed by atoms with Gasteiger partial charge in [-0.15, -0.1) is 22.7 Å². The molecule has 0 aromatic carbocycles. The van der Waals surface area contributed by atoms with Crippen molar-refractivity contribution in [2.75, 3.05) is 0 Å². The molecule has 0 bridgehead atoms. The standard InChI is InChI=1S/C11H10N4OS2/c12-5-10-13-8(6-18-10)11-14-9(15-16-11)4-7-2-1-3-17-7/h1-3,6H,4-5,12H2. The van der Waals surface area contributed by atoms with Crippen LogP contribution < -0.4 is 5.73 Å². The van der Waals surface area contributed by atoms with Gasteiger partial charge in [-0.1, -0.05) is 11.2 Å². The summed E-state index contributed by atoms with van der Waals surface area (Å²) in [6.45, 7) is 0.431. The van der Waals surface area contributed by atoms with Crippen molar-refractivity contribution in [3.8, 4) is 11.6 Å². The van der Waals surface area contributed by atoms with E-state index in [0.717, 1.165) is 5.01 Å². The van der Waals surface area contributed by atoms with E-state index in [-0.39, 0.29) is 0 Å². The predicted octanol–water partition coefficient (Wildman–Crippen LogP) is 2.30. The van der Waals surface area contributed by atoms with Crippen molar-refractivity contribution in [2.24, 2.45) is 5.73 Å². The summed E-state index contributed by atoms with van der Waals surface area (Å²) < 4.78 is 5.20. The van der Waals surface area contributed by atoms with Crippen LogP contribution in [0.4, 0.5) is 0 Å². The SMILES string of the molecule is NCc1nc(-c2nc(Cc3cccs3)no2)cs1. The third-order valence-corrected chi connectivity index (χ3v) is 4.07. The van der Waals surface area contributed by atoms with Gasteiger partial charge >= 0.3 is 0 Å². The Morgan fingerprint density at radius 3 is 2.94 bits per heavy atom. The molecule has 0 saturated heterocycles. The Morgan fingerprint density at radius 1 is 1.28 bits per heavy atom. The Balaban J connectivity index is 1.80. The lowest BCUT2D eigenvalue weighted by atomic mass is 10.3. The Labute approximate surface area is 111 Å². The number of aromatic nitrogens is 3. The molecule has 0 fully saturated rings. The smallest absolute Gasteiger partial charge is 0.277 e. The van der Waals surface area contributed by atoms with Crippen molar-refractivity contribution < 1.29 is 4.52 Å². The van der Waals surface area contributed by atoms with Crippen molar-refractivity contribution in [3.05, 3.63) is 38.6 Å². The summed E-state index contributed by atoms with van der Waals surface area (Å²) >= 11 is 3.18. The second-order valence-electron chi connectivity index (χ2n) is 3.60. The number of nitrogens with zero attached hydrogens (tertiary/aromatic N) is 3. The van der Waals surface area contributed by atoms with Gasteiger partial charge in [0.1, 0.15) is 10.7 Å². The fourth-order valence-electron chi connectivity index (χ4n) is 1.50. The minimum atomic E-state index is 0.431. The van der Waals surface area contributed by atoms with E-state index in [0.29, 0.717) is 30.4 Å². The van der Waals surface area contributed by atoms with E-state index in [9.17, 15) is 0 Å². The molecule has 0 atom stereocenters. The monoisotopic (exact) mass is 278 g/mol. The first-order valence-electron chi connectivity index (χ1n) is 5.35. The van der Waals surface area contributed by atoms with Crippen LogP contribution in [0.1, 0.15) is 15.7 Å². The third-order valence-electron chi connectivity index (χ3n) is 2.33. The van der Waals surface area contributed by atoms with Gasteiger partial charge in [0.2, 0.25) is 0 Å². The molecule has 92 valence electrons. The highest BCUT2D eigenvalue weighted by Crippen LogP contribution is 2.21. The van der Waals surface area contributed by atoms with Crippen LogP contribution in [-0.2, 0) is 13.0 Å². The molecule has 3 heterocycles. The van der Waals surface area contributed by atoms with Crippen LogP contribution in [0.3, 0.4) is 0 Å². The van der Waals surface area contributed by atoms with E-state index in [2.05, 4.69) is 21.2 Å². The highest BCUT2D eigenvalue weighted by molar-refractivity contribution is 7.10. The summed E-state index contributed by atoms with van der Waals surface area (Å²) in [5.41, 5.74) is 6.22. The van der Waals surface area contributed by atoms with E-state index in [1.54, 1.807) is 11.3 Å². The van der Waals surface area contributed by atoms with E-state index < -0.39 is 0 Å². The summed E-state index contributed by atoms with van der Waals surface area (Å²) in [5.74, 6) is 1.13. The maximum atomic E-state index is 5.52. The Hall–Kier alpha value is -1.57. The second kappa shape index (κ2) is 4.97. The fourth-order valence-corrected chi connectivity index (χ4v) is 2.85. The van der Waals surface area contributed by atoms with Crippen LogP contribution in [0.25, 0.3) is 11.6 Å². The molecule has 3 aromatic heterocycles. The molecular weight excluding hydrogens is 268 g/mol. The largest absolute Gasteiger partial charge is 0.332 e. The Bertz CT molecular complexity index is 629. The molecule has 0 amide bonds. The molecule has 0 spiro atoms. The van der Waals surface area contributed by atoms with Gasteiger partial charge in [0.15, 0.2) is 5.82 Å². The van der Waals surface area contributed by atoms with Gasteiger partial charge < -0.3 is 10.3 Å². The first-order valence-corrected chi connectivity index (χ1v) is 7.11. The zero-order valence-electron chi connectivity index (χ0n) is 9.37. The van der Waals surface area contributed by atoms with Crippen LogP contribution in [0.5, 0.6) is 0 Å². The average molecular weight is 278 g/mol. The molecule has 2 N–H and O–H groups in total. The van der Waals surface area contributed by atoms with Gasteiger partial charge in [0.25, 0.3) is 5.89 Å². The Kier molecular flexibility index (Phi) is 3.18. The van der Waals surface area contributed by atoms with Gasteiger partial charge in [-0.25, -0.2) is 4.98 Å². The molecule has 0 aliphatic heterocycles. The van der Waals surface area contributed by atoms with Crippen LogP contribution in [0.15, 0.2) is 27.4 Å². The summed E-state index contributed by atoms with van der Waals surface area (Å²) in [6, 6.07) is 4.06. The number of rotatable bonds is 4. The van der Waals surface area contributed by atoms with Crippen LogP contribution in [-0.4, -0.2) is 15.1 Å². The maximum absolute atomic E-state index is 5.52. The number of hydrogen-bond donors (Lipinski definition) is 1. The second-order valence-corrected chi connectivity index (χ2v) is 5.58. The highest BCUT2D eigenvalue weighted by Gasteiger charge is 2.12. The molecule has 0 saturated carbocycles. The van der Waals surface area contributed by atoms with Crippen molar-refractivity contribution in [2.45, 2.75) is 13.0 Å². The summed E-state index contributed by atoms with van der Waals surface area (Å²) in [5, 5.41) is 8.73. The molecule has 0 aliphatic carbocycles. The minimum absolute atomic E-state index is 0.431. The summed E-state index contributed by atoms with van der Waals surface area (Å²) in [6.07, 6.45) is 0.690. The maximum Gasteiger partial charge on any atom is 0.277 e. The lowest BCUT2D eigenvalue weighted by molar-refractivity contribution is 0.423. The summed E-state index contributed by atoms with van der Waals surface area (Å²) in [7, 11) is 0. The molecule has 7 heteroatoms. The quantitative estimate of drug-likeness (QED) is 0.792. The van der Waals surface area contributed by atoms with Crippen molar-refractivity contribution >= 4 is 22.7 Å². The molecule has 0 aliphatic rings. The van der Waals surface area contributed by atoms with Crippen LogP contribution >= 0.6 is 22.7 Å². The van der Waals surface area contributed by atoms with Crippen molar-refractivity contribution in [1.29, 1.82) is 0 Å². The van der Waals surface area contributed by atoms with E-state index in [4.69, 9.17) is 10.3 Å². The highest BCUT2D eigenvalue weighted by atomic mass is 32.1. The van der Waals surface area contributed by atoms with Crippen LogP contribution in [0, 0.1) is 0 Å². The topological polar surface area (TPSA) is 77.8 Å². The molecule has 3 aromatic rings. The lowest BCUT2D eigenvalue weighted by Crippen LogP contribution is -1.94. The molecule has 18 heavy (non-hydrogen) atoms. The first-order chi connectivity index (χ1) is 8.85. The normalized spacial score (nSPS) is 10.9. The fraction of sp³-hybridized carbons (Fsp3) is 0.182. The zero-order chi connectivity index (χ0) is 12.4. The van der Waals surface area contributed by atoms with Crippen molar-refractivity contribution in [1.82, 2.24) is 15.1 Å². The van der Waals surface area contributed by atoms with Gasteiger partial charge in [0, 0.05) is 23.2 Å². The van der Waals surface area contributed by atoms with Crippen molar-refractivity contribution in [3.63, 3.8) is 0 Å². The molecule has 5 nitrogen and oxygen atoms in total. The van der Waals surface area contributed by atoms with Gasteiger partial charge in [0.05, 0.1) is 0 Å². The number of thiazole rings is 1. The molecule has 0 unspecified atom stereocenters. The summed E-state index contributed by atoms with van der Waals surface area (Å²) in [4.78, 5) is 9.86. The van der Waals surface area contributed by atoms with Gasteiger partial charge in [-0.3, -0.25) is 0 Å². The third kappa shape index (κ3) is 2.33. The molecule has 0 radical (unpaired) electrons. The van der Waals surface area contributed by atoms with Gasteiger partial charge in [-0.2, -0.15) is 4.98 Å². The van der Waals surface area contributed by atoms with E-state index in [1.807, 2.05) is 16.8 Å². The lowest BCUT2D eigenvalue weighted by Gasteiger charge is -1.87. The van der Waals surface area contributed by atoms with Crippen LogP contribution in [0.2, 0.25) is 0 Å². The number of nitrogens with two attached hydrogens (primary N) is 1. The average Bonchev–Trinajstić information content (AvgIpc) is 3.09. The zero-order valence-corrected chi connectivity index (χ0v) is 11.0. The number of hydrogen-bond acceptors (Lipinski definition) is 7. The minimum Gasteiger partial charge on any atom is -0.332 e. The van der Waals surface area contributed by atoms with Gasteiger partial charge in [-0.05, 0) is 11.4 Å². The molecular formula is C11H10N4OS2. The molecule has 3 rings (SSSR count). The Morgan fingerprint density at radius 2 is 2.22 bits per heavy atom. The van der Waals surface area contributed by atoms with E-state index in [1.165, 1.54) is 16.2 Å².